The van der Waals surface area contributed by atoms with Gasteiger partial charge < -0.3 is 10.1 Å². The number of nitrogens with one attached hydrogen (secondary N) is 1. The van der Waals surface area contributed by atoms with Crippen molar-refractivity contribution >= 4 is 17.6 Å². The fourth-order valence-corrected chi connectivity index (χ4v) is 2.38. The van der Waals surface area contributed by atoms with Gasteiger partial charge in [0.1, 0.15) is 0 Å². The molecule has 0 spiro atoms. The fraction of sp³-hybridized carbons (Fsp3) is 0.200. The van der Waals surface area contributed by atoms with Crippen LogP contribution in [0.2, 0.25) is 0 Å². The monoisotopic (exact) mass is 348 g/mol. The third kappa shape index (κ3) is 4.22. The van der Waals surface area contributed by atoms with Crippen LogP contribution in [-0.2, 0) is 4.74 Å². The Labute approximate surface area is 152 Å². The van der Waals surface area contributed by atoms with Gasteiger partial charge >= 0.3 is 5.97 Å². The van der Waals surface area contributed by atoms with Crippen LogP contribution >= 0.6 is 0 Å². The highest BCUT2D eigenvalue weighted by molar-refractivity contribution is 5.91. The molecule has 0 radical (unpaired) electrons. The summed E-state index contributed by atoms with van der Waals surface area (Å²) in [5.41, 5.74) is 3.88. The molecule has 3 rings (SSSR count). The third-order valence-corrected chi connectivity index (χ3v) is 3.68. The van der Waals surface area contributed by atoms with E-state index in [0.29, 0.717) is 11.5 Å². The van der Waals surface area contributed by atoms with Gasteiger partial charge in [0.2, 0.25) is 5.95 Å². The fourth-order valence-electron chi connectivity index (χ4n) is 2.38. The quantitative estimate of drug-likeness (QED) is 0.698. The Morgan fingerprint density at radius 1 is 1.15 bits per heavy atom. The smallest absolute Gasteiger partial charge is 0.338 e. The lowest BCUT2D eigenvalue weighted by atomic mass is 10.1. The van der Waals surface area contributed by atoms with Gasteiger partial charge in [-0.1, -0.05) is 6.07 Å². The summed E-state index contributed by atoms with van der Waals surface area (Å²) in [4.78, 5) is 25.0. The molecule has 0 amide bonds. The maximum absolute atomic E-state index is 12.1. The molecule has 2 aromatic heterocycles. The Balaban J connectivity index is 1.86. The molecule has 2 heterocycles. The lowest BCUT2D eigenvalue weighted by molar-refractivity contribution is 0.0378. The van der Waals surface area contributed by atoms with Crippen molar-refractivity contribution in [3.05, 3.63) is 66.1 Å². The molecule has 6 nitrogen and oxygen atoms in total. The van der Waals surface area contributed by atoms with E-state index in [9.17, 15) is 4.79 Å². The van der Waals surface area contributed by atoms with Crippen molar-refractivity contribution in [2.45, 2.75) is 26.9 Å². The second-order valence-electron chi connectivity index (χ2n) is 6.12. The van der Waals surface area contributed by atoms with Crippen molar-refractivity contribution in [3.8, 4) is 11.3 Å². The third-order valence-electron chi connectivity index (χ3n) is 3.68. The van der Waals surface area contributed by atoms with Crippen molar-refractivity contribution in [2.75, 3.05) is 5.32 Å². The van der Waals surface area contributed by atoms with Crippen molar-refractivity contribution in [3.63, 3.8) is 0 Å². The molecule has 0 fully saturated rings. The Morgan fingerprint density at radius 2 is 2.00 bits per heavy atom. The summed E-state index contributed by atoms with van der Waals surface area (Å²) in [5.74, 6) is 0.0944. The average molecular weight is 348 g/mol. The van der Waals surface area contributed by atoms with Crippen molar-refractivity contribution in [2.24, 2.45) is 0 Å². The van der Waals surface area contributed by atoms with E-state index in [1.165, 1.54) is 0 Å². The minimum atomic E-state index is -0.354. The SMILES string of the molecule is Cc1ccc(C(=O)OC(C)C)cc1Nc1nccc(-c2cccnc2)n1. The maximum atomic E-state index is 12.1. The molecular weight excluding hydrogens is 328 g/mol. The van der Waals surface area contributed by atoms with Gasteiger partial charge in [0.15, 0.2) is 0 Å². The van der Waals surface area contributed by atoms with Crippen LogP contribution in [0.15, 0.2) is 55.0 Å². The van der Waals surface area contributed by atoms with Gasteiger partial charge in [-0.15, -0.1) is 0 Å². The van der Waals surface area contributed by atoms with Crippen LogP contribution in [0.3, 0.4) is 0 Å². The van der Waals surface area contributed by atoms with Crippen LogP contribution in [0.5, 0.6) is 0 Å². The number of nitrogens with zero attached hydrogens (tertiary/aromatic N) is 3. The minimum absolute atomic E-state index is 0.167. The highest BCUT2D eigenvalue weighted by Crippen LogP contribution is 2.22. The Hall–Kier alpha value is -3.28. The first-order valence-electron chi connectivity index (χ1n) is 8.35. The van der Waals surface area contributed by atoms with E-state index >= 15 is 0 Å². The number of carbonyl (C=O) groups is 1. The van der Waals surface area contributed by atoms with Gasteiger partial charge in [-0.2, -0.15) is 0 Å². The number of aryl methyl sites for hydroxylation is 1. The van der Waals surface area contributed by atoms with Crippen LogP contribution in [0, 0.1) is 6.92 Å². The van der Waals surface area contributed by atoms with E-state index in [2.05, 4.69) is 20.3 Å². The summed E-state index contributed by atoms with van der Waals surface area (Å²) in [6, 6.07) is 11.0. The molecule has 0 saturated carbocycles. The number of benzene rings is 1. The molecule has 0 atom stereocenters. The second kappa shape index (κ2) is 7.74. The molecule has 1 N–H and O–H groups in total. The van der Waals surface area contributed by atoms with Crippen LogP contribution in [0.25, 0.3) is 11.3 Å². The molecule has 0 aliphatic carbocycles. The van der Waals surface area contributed by atoms with Crippen molar-refractivity contribution in [1.29, 1.82) is 0 Å². The Bertz CT molecular complexity index is 911. The van der Waals surface area contributed by atoms with E-state index in [1.807, 2.05) is 45.0 Å². The topological polar surface area (TPSA) is 77.0 Å². The van der Waals surface area contributed by atoms with Crippen LogP contribution in [0.4, 0.5) is 11.6 Å². The lowest BCUT2D eigenvalue weighted by Crippen LogP contribution is -2.12. The van der Waals surface area contributed by atoms with E-state index in [-0.39, 0.29) is 12.1 Å². The molecule has 26 heavy (non-hydrogen) atoms. The Kier molecular flexibility index (Phi) is 5.22. The maximum Gasteiger partial charge on any atom is 0.338 e. The first-order chi connectivity index (χ1) is 12.5. The number of hydrogen-bond donors (Lipinski definition) is 1. The second-order valence-corrected chi connectivity index (χ2v) is 6.12. The molecule has 0 unspecified atom stereocenters. The molecule has 3 aromatic rings. The molecule has 0 saturated heterocycles. The van der Waals surface area contributed by atoms with Gasteiger partial charge in [-0.25, -0.2) is 14.8 Å². The first kappa shape index (κ1) is 17.5. The van der Waals surface area contributed by atoms with Crippen molar-refractivity contribution < 1.29 is 9.53 Å². The molecule has 0 aliphatic heterocycles. The van der Waals surface area contributed by atoms with E-state index in [1.54, 1.807) is 30.7 Å². The molecule has 0 aliphatic rings. The van der Waals surface area contributed by atoms with Crippen LogP contribution in [-0.4, -0.2) is 27.0 Å². The first-order valence-corrected chi connectivity index (χ1v) is 8.35. The van der Waals surface area contributed by atoms with E-state index in [4.69, 9.17) is 4.74 Å². The minimum Gasteiger partial charge on any atom is -0.459 e. The number of esters is 1. The van der Waals surface area contributed by atoms with Gasteiger partial charge in [0.05, 0.1) is 17.4 Å². The van der Waals surface area contributed by atoms with E-state index in [0.717, 1.165) is 22.5 Å². The van der Waals surface area contributed by atoms with Gasteiger partial charge in [-0.3, -0.25) is 4.98 Å². The number of carbonyl (C=O) groups excluding carboxylic acids is 1. The zero-order chi connectivity index (χ0) is 18.5. The van der Waals surface area contributed by atoms with Crippen LogP contribution in [0.1, 0.15) is 29.8 Å². The van der Waals surface area contributed by atoms with Gasteiger partial charge in [0.25, 0.3) is 0 Å². The highest BCUT2D eigenvalue weighted by Gasteiger charge is 2.12. The van der Waals surface area contributed by atoms with Gasteiger partial charge in [0, 0.05) is 29.8 Å². The molecule has 6 heteroatoms. The summed E-state index contributed by atoms with van der Waals surface area (Å²) in [5, 5.41) is 3.18. The molecule has 132 valence electrons. The predicted octanol–water partition coefficient (Wildman–Crippen LogP) is 4.16. The number of anilines is 2. The number of rotatable bonds is 5. The Morgan fingerprint density at radius 3 is 2.73 bits per heavy atom. The largest absolute Gasteiger partial charge is 0.459 e. The average Bonchev–Trinajstić information content (AvgIpc) is 2.64. The highest BCUT2D eigenvalue weighted by atomic mass is 16.5. The normalized spacial score (nSPS) is 10.6. The number of pyridine rings is 1. The molecule has 1 aromatic carbocycles. The molecular formula is C20H20N4O2. The predicted molar refractivity (Wildman–Crippen MR) is 100 cm³/mol. The van der Waals surface area contributed by atoms with Crippen LogP contribution < -0.4 is 5.32 Å². The lowest BCUT2D eigenvalue weighted by Gasteiger charge is -2.12. The zero-order valence-electron chi connectivity index (χ0n) is 14.9. The number of hydrogen-bond acceptors (Lipinski definition) is 6. The summed E-state index contributed by atoms with van der Waals surface area (Å²) >= 11 is 0. The van der Waals surface area contributed by atoms with Gasteiger partial charge in [-0.05, 0) is 56.7 Å². The summed E-state index contributed by atoms with van der Waals surface area (Å²) < 4.78 is 5.25. The van der Waals surface area contributed by atoms with E-state index < -0.39 is 0 Å². The standard InChI is InChI=1S/C20H20N4O2/c1-13(2)26-19(25)15-7-6-14(3)18(11-15)24-20-22-10-8-17(23-20)16-5-4-9-21-12-16/h4-13H,1-3H3,(H,22,23,24). The zero-order valence-corrected chi connectivity index (χ0v) is 14.9. The number of aromatic nitrogens is 3. The molecule has 0 bridgehead atoms. The van der Waals surface area contributed by atoms with Crippen molar-refractivity contribution in [1.82, 2.24) is 15.0 Å². The summed E-state index contributed by atoms with van der Waals surface area (Å²) in [6.07, 6.45) is 4.98. The number of ether oxygens (including phenoxy) is 1. The summed E-state index contributed by atoms with van der Waals surface area (Å²) in [6.45, 7) is 5.59. The summed E-state index contributed by atoms with van der Waals surface area (Å²) in [7, 11) is 0.